The Morgan fingerprint density at radius 1 is 1.21 bits per heavy atom. The van der Waals surface area contributed by atoms with Crippen LogP contribution in [0.4, 0.5) is 15.6 Å². The van der Waals surface area contributed by atoms with Crippen molar-refractivity contribution in [3.05, 3.63) is 46.3 Å². The monoisotopic (exact) mass is 520 g/mol. The highest BCUT2D eigenvalue weighted by molar-refractivity contribution is 8.26. The largest absolute Gasteiger partial charge is 0.480 e. The van der Waals surface area contributed by atoms with Gasteiger partial charge in [-0.25, -0.2) is 14.6 Å². The van der Waals surface area contributed by atoms with E-state index in [4.69, 9.17) is 22.1 Å². The minimum Gasteiger partial charge on any atom is -0.480 e. The van der Waals surface area contributed by atoms with Gasteiger partial charge in [0.1, 0.15) is 16.4 Å². The molecule has 0 bridgehead atoms. The van der Waals surface area contributed by atoms with Crippen LogP contribution in [0.5, 0.6) is 0 Å². The third-order valence-electron chi connectivity index (χ3n) is 4.13. The number of aliphatic carboxylic acids is 1. The summed E-state index contributed by atoms with van der Waals surface area (Å²) in [5.74, 6) is -2.72. The van der Waals surface area contributed by atoms with Crippen LogP contribution in [-0.2, 0) is 19.1 Å². The Bertz CT molecular complexity index is 1160. The van der Waals surface area contributed by atoms with E-state index in [2.05, 4.69) is 15.6 Å². The normalized spacial score (nSPS) is 14.9. The topological polar surface area (TPSA) is 138 Å². The van der Waals surface area contributed by atoms with Crippen molar-refractivity contribution >= 4 is 79.9 Å². The number of anilines is 2. The number of hydrogen-bond donors (Lipinski definition) is 3. The number of aromatic nitrogens is 1. The Morgan fingerprint density at radius 2 is 1.91 bits per heavy atom. The molecule has 1 fully saturated rings. The smallest absolute Gasteiger partial charge is 0.341 e. The zero-order valence-corrected chi connectivity index (χ0v) is 20.5. The number of amides is 3. The van der Waals surface area contributed by atoms with Crippen LogP contribution in [0.15, 0.2) is 40.6 Å². The maximum Gasteiger partial charge on any atom is 0.341 e. The van der Waals surface area contributed by atoms with Crippen LogP contribution in [0, 0.1) is 5.92 Å². The van der Waals surface area contributed by atoms with Crippen molar-refractivity contribution in [1.29, 1.82) is 0 Å². The fourth-order valence-electron chi connectivity index (χ4n) is 2.68. The van der Waals surface area contributed by atoms with Crippen molar-refractivity contribution < 1.29 is 29.0 Å². The lowest BCUT2D eigenvalue weighted by Crippen LogP contribution is -2.33. The molecule has 1 aliphatic rings. The number of thiocarbonyl (C=S) groups is 1. The van der Waals surface area contributed by atoms with Crippen LogP contribution in [0.25, 0.3) is 5.57 Å². The van der Waals surface area contributed by atoms with Crippen molar-refractivity contribution in [3.8, 4) is 0 Å². The van der Waals surface area contributed by atoms with E-state index in [0.29, 0.717) is 5.69 Å². The fourth-order valence-corrected chi connectivity index (χ4v) is 4.69. The number of carboxylic acid groups (broad SMARTS) is 1. The number of carbonyl (C=O) groups is 4. The molecule has 3 N–H and O–H groups in total. The van der Waals surface area contributed by atoms with Gasteiger partial charge in [-0.1, -0.05) is 56.0 Å². The lowest BCUT2D eigenvalue weighted by Gasteiger charge is -2.12. The summed E-state index contributed by atoms with van der Waals surface area (Å²) in [5, 5.41) is 16.0. The van der Waals surface area contributed by atoms with Crippen molar-refractivity contribution in [2.24, 2.45) is 5.92 Å². The highest BCUT2D eigenvalue weighted by Gasteiger charge is 2.38. The second-order valence-corrected chi connectivity index (χ2v) is 9.83. The number of carboxylic acids is 1. The minimum absolute atomic E-state index is 0.00683. The summed E-state index contributed by atoms with van der Waals surface area (Å²) in [6.45, 7) is 3.18. The molecule has 178 valence electrons. The molecule has 0 spiro atoms. The predicted molar refractivity (Wildman–Crippen MR) is 133 cm³/mol. The average molecular weight is 521 g/mol. The first-order valence-corrected chi connectivity index (χ1v) is 12.0. The highest BCUT2D eigenvalue weighted by atomic mass is 32.2. The number of thiazole rings is 1. The van der Waals surface area contributed by atoms with Gasteiger partial charge in [-0.05, 0) is 18.1 Å². The minimum atomic E-state index is -1.24. The van der Waals surface area contributed by atoms with E-state index in [1.807, 2.05) is 19.9 Å². The number of benzene rings is 1. The van der Waals surface area contributed by atoms with Gasteiger partial charge in [0.15, 0.2) is 5.13 Å². The van der Waals surface area contributed by atoms with Crippen LogP contribution < -0.4 is 10.6 Å². The SMILES string of the molecule is CC(C)COC(=O)C(=C1SC(=S)N(CC(=O)O)C1=O)c1csc(NC(=O)Nc2ccccc2)n1. The quantitative estimate of drug-likeness (QED) is 0.270. The zero-order valence-electron chi connectivity index (χ0n) is 18.1. The summed E-state index contributed by atoms with van der Waals surface area (Å²) in [7, 11) is 0. The standard InChI is InChI=1S/C21H20N4O6S3/c1-11(2)9-31-18(29)15(16-17(28)25(8-14(26)27)21(32)34-16)13-10-33-20(23-13)24-19(30)22-12-6-4-3-5-7-12/h3-7,10-11H,8-9H2,1-2H3,(H,26,27)(H2,22,23,24,30). The van der Waals surface area contributed by atoms with E-state index in [0.717, 1.165) is 28.0 Å². The molecule has 2 aromatic rings. The maximum absolute atomic E-state index is 12.9. The molecule has 0 radical (unpaired) electrons. The molecule has 10 nitrogen and oxygen atoms in total. The molecule has 1 aromatic heterocycles. The summed E-state index contributed by atoms with van der Waals surface area (Å²) in [4.78, 5) is 54.3. The number of nitrogens with zero attached hydrogens (tertiary/aromatic N) is 2. The molecule has 0 unspecified atom stereocenters. The second kappa shape index (κ2) is 11.2. The fraction of sp³-hybridized carbons (Fsp3) is 0.238. The van der Waals surface area contributed by atoms with Gasteiger partial charge < -0.3 is 15.2 Å². The van der Waals surface area contributed by atoms with E-state index in [1.54, 1.807) is 24.3 Å². The van der Waals surface area contributed by atoms with Crippen molar-refractivity contribution in [1.82, 2.24) is 9.88 Å². The number of thioether (sulfide) groups is 1. The molecule has 3 amide bonds. The number of ether oxygens (including phenoxy) is 1. The van der Waals surface area contributed by atoms with Gasteiger partial charge in [0.25, 0.3) is 5.91 Å². The molecule has 2 heterocycles. The number of urea groups is 1. The first kappa shape index (κ1) is 25.3. The second-order valence-electron chi connectivity index (χ2n) is 7.33. The number of carbonyl (C=O) groups excluding carboxylic acids is 3. The number of hydrogen-bond acceptors (Lipinski definition) is 9. The molecule has 3 rings (SSSR count). The average Bonchev–Trinajstić information content (AvgIpc) is 3.33. The van der Waals surface area contributed by atoms with Gasteiger partial charge in [0, 0.05) is 11.1 Å². The number of esters is 1. The summed E-state index contributed by atoms with van der Waals surface area (Å²) in [6.07, 6.45) is 0. The molecule has 0 atom stereocenters. The Hall–Kier alpha value is -3.29. The van der Waals surface area contributed by atoms with Crippen molar-refractivity contribution in [2.75, 3.05) is 23.8 Å². The van der Waals surface area contributed by atoms with Gasteiger partial charge in [0.05, 0.1) is 17.2 Å². The molecule has 1 aliphatic heterocycles. The van der Waals surface area contributed by atoms with Crippen molar-refractivity contribution in [2.45, 2.75) is 13.8 Å². The maximum atomic E-state index is 12.9. The molecular weight excluding hydrogens is 500 g/mol. The van der Waals surface area contributed by atoms with Crippen LogP contribution >= 0.6 is 35.3 Å². The Morgan fingerprint density at radius 3 is 2.56 bits per heavy atom. The third kappa shape index (κ3) is 6.40. The van der Waals surface area contributed by atoms with Crippen LogP contribution in [0.1, 0.15) is 19.5 Å². The van der Waals surface area contributed by atoms with Gasteiger partial charge in [0.2, 0.25) is 0 Å². The molecule has 0 aliphatic carbocycles. The van der Waals surface area contributed by atoms with Crippen LogP contribution in [-0.4, -0.2) is 56.3 Å². The number of para-hydroxylation sites is 1. The van der Waals surface area contributed by atoms with Crippen molar-refractivity contribution in [3.63, 3.8) is 0 Å². The lowest BCUT2D eigenvalue weighted by atomic mass is 10.1. The summed E-state index contributed by atoms with van der Waals surface area (Å²) >= 11 is 6.98. The predicted octanol–water partition coefficient (Wildman–Crippen LogP) is 3.64. The molecule has 13 heteroatoms. The third-order valence-corrected chi connectivity index (χ3v) is 6.34. The Kier molecular flexibility index (Phi) is 8.36. The first-order chi connectivity index (χ1) is 16.2. The summed E-state index contributed by atoms with van der Waals surface area (Å²) < 4.78 is 5.33. The van der Waals surface area contributed by atoms with Gasteiger partial charge in [-0.15, -0.1) is 11.3 Å². The van der Waals surface area contributed by atoms with Crippen LogP contribution in [0.3, 0.4) is 0 Å². The number of rotatable bonds is 8. The summed E-state index contributed by atoms with van der Waals surface area (Å²) in [6, 6.07) is 8.25. The highest BCUT2D eigenvalue weighted by Crippen LogP contribution is 2.38. The van der Waals surface area contributed by atoms with E-state index >= 15 is 0 Å². The Labute approximate surface area is 208 Å². The van der Waals surface area contributed by atoms with E-state index in [9.17, 15) is 19.2 Å². The molecule has 1 saturated heterocycles. The Balaban J connectivity index is 1.88. The summed E-state index contributed by atoms with van der Waals surface area (Å²) in [5.41, 5.74) is 0.542. The zero-order chi connectivity index (χ0) is 24.8. The molecule has 1 aromatic carbocycles. The lowest BCUT2D eigenvalue weighted by molar-refractivity contribution is -0.140. The molecular formula is C21H20N4O6S3. The van der Waals surface area contributed by atoms with E-state index in [1.165, 1.54) is 5.38 Å². The first-order valence-electron chi connectivity index (χ1n) is 9.91. The molecule has 0 saturated carbocycles. The van der Waals surface area contributed by atoms with Gasteiger partial charge >= 0.3 is 18.0 Å². The van der Waals surface area contributed by atoms with Crippen LogP contribution in [0.2, 0.25) is 0 Å². The van der Waals surface area contributed by atoms with Gasteiger partial charge in [-0.2, -0.15) is 0 Å². The van der Waals surface area contributed by atoms with E-state index in [-0.39, 0.29) is 38.1 Å². The van der Waals surface area contributed by atoms with Gasteiger partial charge in [-0.3, -0.25) is 19.8 Å². The number of nitrogens with one attached hydrogen (secondary N) is 2. The van der Waals surface area contributed by atoms with E-state index < -0.39 is 30.4 Å². The molecule has 34 heavy (non-hydrogen) atoms.